The predicted octanol–water partition coefficient (Wildman–Crippen LogP) is 2.83. The number of carbonyl (C=O) groups excluding carboxylic acids is 2. The quantitative estimate of drug-likeness (QED) is 0.858. The molecule has 4 rings (SSSR count). The summed E-state index contributed by atoms with van der Waals surface area (Å²) in [5, 5.41) is 4.88. The normalized spacial score (nSPS) is 18.4. The van der Waals surface area contributed by atoms with Crippen molar-refractivity contribution in [2.45, 2.75) is 31.7 Å². The van der Waals surface area contributed by atoms with Crippen molar-refractivity contribution in [2.75, 3.05) is 19.9 Å². The third kappa shape index (κ3) is 3.93. The number of nitrogens with one attached hydrogen (secondary N) is 1. The zero-order valence-corrected chi connectivity index (χ0v) is 15.8. The number of rotatable bonds is 5. The van der Waals surface area contributed by atoms with Crippen molar-refractivity contribution in [1.82, 2.24) is 10.2 Å². The molecule has 1 saturated heterocycles. The number of likely N-dealkylation sites (tertiary alicyclic amines) is 1. The van der Waals surface area contributed by atoms with Crippen LogP contribution in [0.2, 0.25) is 0 Å². The fraction of sp³-hybridized carbons (Fsp3) is 0.400. The number of carbonyl (C=O) groups is 2. The second kappa shape index (κ2) is 8.00. The number of amides is 2. The average Bonchev–Trinajstić information content (AvgIpc) is 3.39. The monoisotopic (exact) mass is 386 g/mol. The van der Waals surface area contributed by atoms with Crippen LogP contribution in [-0.2, 0) is 11.2 Å². The Hall–Kier alpha value is -2.54. The molecule has 2 amide bonds. The summed E-state index contributed by atoms with van der Waals surface area (Å²) < 4.78 is 10.7. The van der Waals surface area contributed by atoms with Crippen molar-refractivity contribution in [3.05, 3.63) is 46.2 Å². The van der Waals surface area contributed by atoms with Gasteiger partial charge in [0.05, 0.1) is 4.88 Å². The molecule has 1 atom stereocenters. The van der Waals surface area contributed by atoms with Crippen LogP contribution in [-0.4, -0.2) is 42.6 Å². The van der Waals surface area contributed by atoms with Crippen molar-refractivity contribution >= 4 is 23.2 Å². The Morgan fingerprint density at radius 3 is 2.93 bits per heavy atom. The van der Waals surface area contributed by atoms with Crippen LogP contribution in [0.5, 0.6) is 11.5 Å². The lowest BCUT2D eigenvalue weighted by Crippen LogP contribution is -2.52. The summed E-state index contributed by atoms with van der Waals surface area (Å²) in [6.45, 7) is 1.41. The molecule has 0 spiro atoms. The third-order valence-electron chi connectivity index (χ3n) is 4.95. The molecule has 2 aliphatic rings. The molecule has 0 saturated carbocycles. The average molecular weight is 386 g/mol. The van der Waals surface area contributed by atoms with Gasteiger partial charge in [0, 0.05) is 13.1 Å². The number of piperidine rings is 1. The molecule has 0 aliphatic carbocycles. The van der Waals surface area contributed by atoms with E-state index in [2.05, 4.69) is 5.32 Å². The molecule has 7 heteroatoms. The smallest absolute Gasteiger partial charge is 0.264 e. The van der Waals surface area contributed by atoms with Crippen LogP contribution in [0.25, 0.3) is 0 Å². The molecule has 0 radical (unpaired) electrons. The van der Waals surface area contributed by atoms with Gasteiger partial charge in [0.25, 0.3) is 5.91 Å². The lowest BCUT2D eigenvalue weighted by molar-refractivity contribution is -0.126. The number of hydrogen-bond donors (Lipinski definition) is 1. The number of ether oxygens (including phenoxy) is 2. The minimum absolute atomic E-state index is 0.0411. The Bertz CT molecular complexity index is 821. The Labute approximate surface area is 162 Å². The summed E-state index contributed by atoms with van der Waals surface area (Å²) >= 11 is 1.42. The first-order chi connectivity index (χ1) is 13.2. The number of fused-ring (bicyclic) bond motifs is 1. The minimum atomic E-state index is -0.384. The molecule has 2 aromatic rings. The van der Waals surface area contributed by atoms with Crippen LogP contribution in [0.4, 0.5) is 0 Å². The zero-order chi connectivity index (χ0) is 18.6. The first-order valence-electron chi connectivity index (χ1n) is 9.23. The minimum Gasteiger partial charge on any atom is -0.454 e. The first-order valence-corrected chi connectivity index (χ1v) is 10.1. The number of nitrogens with zero attached hydrogens (tertiary/aromatic N) is 1. The van der Waals surface area contributed by atoms with E-state index in [1.807, 2.05) is 35.7 Å². The summed E-state index contributed by atoms with van der Waals surface area (Å²) in [6, 6.07) is 9.11. The van der Waals surface area contributed by atoms with Gasteiger partial charge in [-0.25, -0.2) is 0 Å². The Balaban J connectivity index is 1.34. The topological polar surface area (TPSA) is 67.9 Å². The van der Waals surface area contributed by atoms with E-state index in [1.54, 1.807) is 4.90 Å². The SMILES string of the molecule is O=C(NCCc1ccc2c(c1)OCO2)C1CCCCN1C(=O)c1cccs1. The molecule has 1 aromatic carbocycles. The molecule has 0 bridgehead atoms. The van der Waals surface area contributed by atoms with Crippen molar-refractivity contribution in [1.29, 1.82) is 0 Å². The van der Waals surface area contributed by atoms with E-state index < -0.39 is 0 Å². The van der Waals surface area contributed by atoms with Crippen LogP contribution in [0, 0.1) is 0 Å². The van der Waals surface area contributed by atoms with Crippen LogP contribution < -0.4 is 14.8 Å². The van der Waals surface area contributed by atoms with Gasteiger partial charge in [-0.05, 0) is 54.8 Å². The molecule has 142 valence electrons. The molecular formula is C20H22N2O4S. The highest BCUT2D eigenvalue weighted by atomic mass is 32.1. The first kappa shape index (κ1) is 17.9. The molecule has 1 unspecified atom stereocenters. The second-order valence-corrected chi connectivity index (χ2v) is 7.66. The highest BCUT2D eigenvalue weighted by molar-refractivity contribution is 7.12. The molecule has 1 aromatic heterocycles. The number of benzene rings is 1. The fourth-order valence-electron chi connectivity index (χ4n) is 3.53. The van der Waals surface area contributed by atoms with E-state index in [0.717, 1.165) is 29.9 Å². The van der Waals surface area contributed by atoms with E-state index >= 15 is 0 Å². The largest absolute Gasteiger partial charge is 0.454 e. The lowest BCUT2D eigenvalue weighted by atomic mass is 10.0. The molecule has 2 aliphatic heterocycles. The van der Waals surface area contributed by atoms with Gasteiger partial charge in [-0.2, -0.15) is 0 Å². The highest BCUT2D eigenvalue weighted by Crippen LogP contribution is 2.32. The maximum absolute atomic E-state index is 12.7. The maximum atomic E-state index is 12.7. The van der Waals surface area contributed by atoms with E-state index in [9.17, 15) is 9.59 Å². The molecule has 6 nitrogen and oxygen atoms in total. The summed E-state index contributed by atoms with van der Waals surface area (Å²) in [7, 11) is 0. The van der Waals surface area contributed by atoms with E-state index in [4.69, 9.17) is 9.47 Å². The fourth-order valence-corrected chi connectivity index (χ4v) is 4.21. The summed E-state index contributed by atoms with van der Waals surface area (Å²) in [5.74, 6) is 1.40. The number of thiophene rings is 1. The van der Waals surface area contributed by atoms with Gasteiger partial charge < -0.3 is 19.7 Å². The van der Waals surface area contributed by atoms with Crippen molar-refractivity contribution < 1.29 is 19.1 Å². The summed E-state index contributed by atoms with van der Waals surface area (Å²) in [5.41, 5.74) is 1.08. The summed E-state index contributed by atoms with van der Waals surface area (Å²) in [4.78, 5) is 27.8. The van der Waals surface area contributed by atoms with Crippen molar-refractivity contribution in [2.24, 2.45) is 0 Å². The Morgan fingerprint density at radius 1 is 1.19 bits per heavy atom. The second-order valence-electron chi connectivity index (χ2n) is 6.72. The van der Waals surface area contributed by atoms with Gasteiger partial charge in [0.2, 0.25) is 12.7 Å². The van der Waals surface area contributed by atoms with E-state index in [0.29, 0.717) is 30.8 Å². The molecular weight excluding hydrogens is 364 g/mol. The molecule has 3 heterocycles. The molecule has 27 heavy (non-hydrogen) atoms. The van der Waals surface area contributed by atoms with Crippen LogP contribution in [0.15, 0.2) is 35.7 Å². The van der Waals surface area contributed by atoms with Gasteiger partial charge in [0.15, 0.2) is 11.5 Å². The van der Waals surface area contributed by atoms with Gasteiger partial charge >= 0.3 is 0 Å². The third-order valence-corrected chi connectivity index (χ3v) is 5.81. The van der Waals surface area contributed by atoms with Crippen LogP contribution in [0.3, 0.4) is 0 Å². The maximum Gasteiger partial charge on any atom is 0.264 e. The summed E-state index contributed by atoms with van der Waals surface area (Å²) in [6.07, 6.45) is 3.33. The zero-order valence-electron chi connectivity index (χ0n) is 15.0. The van der Waals surface area contributed by atoms with Crippen LogP contribution >= 0.6 is 11.3 Å². The van der Waals surface area contributed by atoms with E-state index in [-0.39, 0.29) is 24.6 Å². The lowest BCUT2D eigenvalue weighted by Gasteiger charge is -2.34. The van der Waals surface area contributed by atoms with E-state index in [1.165, 1.54) is 11.3 Å². The number of hydrogen-bond acceptors (Lipinski definition) is 5. The highest BCUT2D eigenvalue weighted by Gasteiger charge is 2.32. The van der Waals surface area contributed by atoms with Crippen molar-refractivity contribution in [3.8, 4) is 11.5 Å². The van der Waals surface area contributed by atoms with Gasteiger partial charge in [-0.3, -0.25) is 9.59 Å². The van der Waals surface area contributed by atoms with Crippen molar-refractivity contribution in [3.63, 3.8) is 0 Å². The van der Waals surface area contributed by atoms with Gasteiger partial charge in [-0.1, -0.05) is 12.1 Å². The van der Waals surface area contributed by atoms with Crippen LogP contribution in [0.1, 0.15) is 34.5 Å². The molecule has 1 N–H and O–H groups in total. The molecule has 1 fully saturated rings. The predicted molar refractivity (Wildman–Crippen MR) is 102 cm³/mol. The standard InChI is InChI=1S/C20H22N2O4S/c23-19(21-9-8-14-6-7-16-17(12-14)26-13-25-16)15-4-1-2-10-22(15)20(24)18-5-3-11-27-18/h3,5-7,11-12,15H,1-2,4,8-10,13H2,(H,21,23). The van der Waals surface area contributed by atoms with Gasteiger partial charge in [-0.15, -0.1) is 11.3 Å². The van der Waals surface area contributed by atoms with Gasteiger partial charge in [0.1, 0.15) is 6.04 Å². The Kier molecular flexibility index (Phi) is 5.29. The Morgan fingerprint density at radius 2 is 2.07 bits per heavy atom.